The molecule has 0 radical (unpaired) electrons. The zero-order chi connectivity index (χ0) is 27.7. The number of carboxylic acids is 1. The van der Waals surface area contributed by atoms with E-state index in [0.29, 0.717) is 13.2 Å². The summed E-state index contributed by atoms with van der Waals surface area (Å²) in [6, 6.07) is -0.751. The number of aromatic nitrogens is 2. The smallest absolute Gasteiger partial charge is 0.328 e. The first kappa shape index (κ1) is 35.1. The Bertz CT molecular complexity index is 928. The second-order valence-electron chi connectivity index (χ2n) is 8.46. The fourth-order valence-electron chi connectivity index (χ4n) is 2.74. The van der Waals surface area contributed by atoms with Crippen molar-refractivity contribution in [2.75, 3.05) is 46.1 Å². The van der Waals surface area contributed by atoms with Crippen LogP contribution < -0.4 is 16.6 Å². The summed E-state index contributed by atoms with van der Waals surface area (Å²) in [5, 5.41) is 11.5. The van der Waals surface area contributed by atoms with Crippen LogP contribution in [0.1, 0.15) is 40.2 Å². The van der Waals surface area contributed by atoms with Gasteiger partial charge >= 0.3 is 11.7 Å². The minimum Gasteiger partial charge on any atom is -0.524 e. The molecule has 0 fully saturated rings. The summed E-state index contributed by atoms with van der Waals surface area (Å²) in [6.45, 7) is 11.2. The summed E-state index contributed by atoms with van der Waals surface area (Å²) in [5.41, 5.74) is -1.42. The van der Waals surface area contributed by atoms with Gasteiger partial charge in [-0.2, -0.15) is 6.41 Å². The molecule has 1 aromatic heterocycles. The molecule has 1 aromatic rings. The van der Waals surface area contributed by atoms with Crippen molar-refractivity contribution >= 4 is 18.3 Å². The first-order valence-electron chi connectivity index (χ1n) is 11.6. The maximum absolute atomic E-state index is 12.7. The maximum atomic E-state index is 12.7. The Kier molecular flexibility index (Phi) is 17.3. The molecule has 0 bridgehead atoms. The first-order valence-corrected chi connectivity index (χ1v) is 11.6. The van der Waals surface area contributed by atoms with Crippen LogP contribution >= 0.6 is 0 Å². The number of nitrogens with zero attached hydrogens (tertiary/aromatic N) is 2. The van der Waals surface area contributed by atoms with Crippen LogP contribution in [0.3, 0.4) is 0 Å². The van der Waals surface area contributed by atoms with E-state index in [-0.39, 0.29) is 37.5 Å². The number of hydrogen-bond acceptors (Lipinski definition) is 8. The van der Waals surface area contributed by atoms with Gasteiger partial charge in [0.1, 0.15) is 13.1 Å². The molecule has 0 aliphatic carbocycles. The molecule has 1 rings (SSSR count). The molecule has 13 nitrogen and oxygen atoms in total. The van der Waals surface area contributed by atoms with Gasteiger partial charge in [0.15, 0.2) is 0 Å². The van der Waals surface area contributed by atoms with E-state index in [1.807, 2.05) is 34.6 Å². The van der Waals surface area contributed by atoms with E-state index in [2.05, 4.69) is 10.3 Å². The van der Waals surface area contributed by atoms with Gasteiger partial charge in [-0.3, -0.25) is 23.9 Å². The van der Waals surface area contributed by atoms with Crippen LogP contribution in [0.5, 0.6) is 0 Å². The summed E-state index contributed by atoms with van der Waals surface area (Å²) < 4.78 is 17.3. The molecule has 14 heteroatoms. The van der Waals surface area contributed by atoms with Gasteiger partial charge in [0.2, 0.25) is 5.91 Å². The number of aromatic amines is 1. The molecule has 0 aliphatic heterocycles. The molecule has 0 saturated carbocycles. The number of rotatable bonds is 16. The Morgan fingerprint density at radius 3 is 2.32 bits per heavy atom. The minimum atomic E-state index is -1.28. The van der Waals surface area contributed by atoms with E-state index < -0.39 is 42.3 Å². The topological polar surface area (TPSA) is 169 Å². The summed E-state index contributed by atoms with van der Waals surface area (Å²) in [6.07, 6.45) is 2.72. The summed E-state index contributed by atoms with van der Waals surface area (Å²) >= 11 is 0. The molecule has 0 aliphatic rings. The fraction of sp³-hybridized carbons (Fsp3) is 0.696. The van der Waals surface area contributed by atoms with Crippen LogP contribution in [0.2, 0.25) is 0 Å². The largest absolute Gasteiger partial charge is 0.524 e. The number of carboxylic acid groups (broad SMARTS) is 1. The standard InChI is InChI=1S/C21H33N4O9.C2H6.Fm/c1-15-9-25(20(31)23-19(15)30)11-17(27)24(12-18(28)29)10-16(22-14-26)13-33-6-5-32-7-8-34-21(2,3)4;1-2;/h9,16H,5-8,10-13H2,1-4H3,(H,22,26)(H,28,29)(H,23,30,31);1-2H3;/q-1;;. The number of hydrogen-bond donors (Lipinski definition) is 3. The van der Waals surface area contributed by atoms with Crippen LogP contribution in [0.4, 0.5) is 0 Å². The van der Waals surface area contributed by atoms with Crippen molar-refractivity contribution in [1.82, 2.24) is 19.8 Å². The average Bonchev–Trinajstić information content (AvgIpc) is 2.79. The third kappa shape index (κ3) is 15.6. The molecule has 1 heterocycles. The molecule has 0 spiro atoms. The van der Waals surface area contributed by atoms with Crippen molar-refractivity contribution in [1.29, 1.82) is 0 Å². The third-order valence-electron chi connectivity index (χ3n) is 4.33. The van der Waals surface area contributed by atoms with Crippen molar-refractivity contribution in [3.63, 3.8) is 0 Å². The predicted molar refractivity (Wildman–Crippen MR) is 132 cm³/mol. The Morgan fingerprint density at radius 2 is 1.76 bits per heavy atom. The van der Waals surface area contributed by atoms with Gasteiger partial charge in [-0.15, -0.1) is 0 Å². The van der Waals surface area contributed by atoms with E-state index in [4.69, 9.17) is 14.2 Å². The Labute approximate surface area is 210 Å². The van der Waals surface area contributed by atoms with Gasteiger partial charge in [-0.05, 0) is 27.7 Å². The van der Waals surface area contributed by atoms with Crippen LogP contribution in [0.25, 0.3) is 0 Å². The fourth-order valence-corrected chi connectivity index (χ4v) is 2.74. The number of amides is 2. The van der Waals surface area contributed by atoms with E-state index in [1.54, 1.807) is 0 Å². The Morgan fingerprint density at radius 1 is 1.16 bits per heavy atom. The Hall–Kier alpha value is -4.03. The molecule has 3 N–H and O–H groups in total. The molecule has 1 atom stereocenters. The van der Waals surface area contributed by atoms with Crippen LogP contribution in [0.15, 0.2) is 15.8 Å². The molecule has 0 aromatic carbocycles. The van der Waals surface area contributed by atoms with Crippen LogP contribution in [0, 0.1) is 6.92 Å². The van der Waals surface area contributed by atoms with E-state index >= 15 is 0 Å². The molecule has 218 valence electrons. The Balaban J connectivity index is 0. The van der Waals surface area contributed by atoms with Crippen molar-refractivity contribution < 1.29 is 33.7 Å². The zero-order valence-electron chi connectivity index (χ0n) is 22.2. The van der Waals surface area contributed by atoms with E-state index in [1.165, 1.54) is 19.5 Å². The van der Waals surface area contributed by atoms with Gasteiger partial charge in [-0.25, -0.2) is 4.79 Å². The van der Waals surface area contributed by atoms with Crippen molar-refractivity contribution in [3.05, 3.63) is 32.6 Å². The monoisotopic (exact) mass is 772 g/mol. The number of carbonyl (C=O) groups is 2. The van der Waals surface area contributed by atoms with Crippen molar-refractivity contribution in [3.8, 4) is 0 Å². The summed E-state index contributed by atoms with van der Waals surface area (Å²) in [7, 11) is 0. The van der Waals surface area contributed by atoms with E-state index in [9.17, 15) is 29.1 Å². The summed E-state index contributed by atoms with van der Waals surface area (Å²) in [4.78, 5) is 61.3. The van der Waals surface area contributed by atoms with Crippen LogP contribution in [-0.2, 0) is 35.1 Å². The second kappa shape index (κ2) is 18.3. The number of aliphatic carboxylic acids is 1. The maximum Gasteiger partial charge on any atom is 0.328 e. The van der Waals surface area contributed by atoms with E-state index in [0.717, 1.165) is 9.47 Å². The molecular formula is C23H39FmN4O9-. The number of ether oxygens (including phenoxy) is 3. The van der Waals surface area contributed by atoms with Crippen molar-refractivity contribution in [2.45, 2.75) is 59.7 Å². The summed E-state index contributed by atoms with van der Waals surface area (Å²) in [5.74, 6) is -1.98. The molecule has 37 heavy (non-hydrogen) atoms. The van der Waals surface area contributed by atoms with Gasteiger partial charge in [0.05, 0.1) is 38.6 Å². The first-order chi connectivity index (χ1) is 16.9. The molecule has 0 saturated heterocycles. The number of H-pyrrole nitrogens is 1. The number of aryl methyl sites for hydroxylation is 1. The van der Waals surface area contributed by atoms with Gasteiger partial charge in [0.25, 0.3) is 5.56 Å². The minimum absolute atomic E-state index is 0. The SMILES string of the molecule is CC.Cc1cn(CC(=O)N(CC(=O)O)CC(COCCOCCOC(C)(C)C)N[C-]=O)c(=O)[nH]c1=O.[Fm]. The molecule has 1 unspecified atom stereocenters. The number of nitrogens with one attached hydrogen (secondary N) is 2. The normalized spacial score (nSPS) is 11.4. The number of carbonyl (C=O) groups excluding carboxylic acids is 2. The zero-order valence-corrected chi connectivity index (χ0v) is 24.6. The quantitative estimate of drug-likeness (QED) is 0.116. The molecule has 2 amide bonds. The van der Waals surface area contributed by atoms with Gasteiger partial charge in [0, 0.05) is 24.3 Å². The average molecular weight is 773 g/mol. The molecular weight excluding hydrogens is 733 g/mol. The predicted octanol–water partition coefficient (Wildman–Crippen LogP) is -0.342. The van der Waals surface area contributed by atoms with Crippen molar-refractivity contribution in [2.24, 2.45) is 0 Å². The van der Waals surface area contributed by atoms with Crippen LogP contribution in [-0.4, -0.2) is 95.6 Å². The third-order valence-corrected chi connectivity index (χ3v) is 4.33. The second-order valence-corrected chi connectivity index (χ2v) is 8.46. The van der Waals surface area contributed by atoms with Gasteiger partial charge in [-0.1, -0.05) is 13.8 Å². The van der Waals surface area contributed by atoms with Gasteiger partial charge < -0.3 is 34.3 Å².